The topological polar surface area (TPSA) is 45.2 Å². The smallest absolute Gasteiger partial charge is 0.234 e. The third-order valence-electron chi connectivity index (χ3n) is 5.05. The molecule has 2 atom stereocenters. The largest absolute Gasteiger partial charge is 0.348 e. The molecular weight excluding hydrogens is 422 g/mol. The summed E-state index contributed by atoms with van der Waals surface area (Å²) in [5.74, 6) is 0.0680. The lowest BCUT2D eigenvalue weighted by atomic mass is 10.1. The van der Waals surface area contributed by atoms with Crippen molar-refractivity contribution in [3.8, 4) is 0 Å². The number of para-hydroxylation sites is 1. The Kier molecular flexibility index (Phi) is 5.57. The lowest BCUT2D eigenvalue weighted by molar-refractivity contribution is -0.123. The van der Waals surface area contributed by atoms with E-state index in [4.69, 9.17) is 4.98 Å². The van der Waals surface area contributed by atoms with Gasteiger partial charge < -0.3 is 5.32 Å². The minimum absolute atomic E-state index is 0.00546. The monoisotopic (exact) mass is 443 g/mol. The van der Waals surface area contributed by atoms with E-state index in [2.05, 4.69) is 38.3 Å². The van der Waals surface area contributed by atoms with Gasteiger partial charge >= 0.3 is 0 Å². The number of likely N-dealkylation sites (tertiary alicyclic amines) is 1. The molecule has 2 heterocycles. The summed E-state index contributed by atoms with van der Waals surface area (Å²) in [5.41, 5.74) is 2.16. The number of rotatable bonds is 5. The standard InChI is InChI=1S/C21H22BrN3OS/c1-14(15-8-10-16(22)11-9-15)23-20(26)13-25-12-4-6-18(25)21-24-17-5-2-3-7-19(17)27-21/h2-3,5,7-11,14,18H,4,6,12-13H2,1H3,(H,23,26)/t14-,18-/m0/s1. The summed E-state index contributed by atoms with van der Waals surface area (Å²) in [6.45, 7) is 3.39. The van der Waals surface area contributed by atoms with E-state index in [1.54, 1.807) is 11.3 Å². The van der Waals surface area contributed by atoms with E-state index < -0.39 is 0 Å². The van der Waals surface area contributed by atoms with Crippen molar-refractivity contribution in [2.75, 3.05) is 13.1 Å². The molecule has 0 aliphatic carbocycles. The van der Waals surface area contributed by atoms with Crippen LogP contribution in [0.2, 0.25) is 0 Å². The van der Waals surface area contributed by atoms with Gasteiger partial charge in [-0.2, -0.15) is 0 Å². The number of fused-ring (bicyclic) bond motifs is 1. The molecule has 27 heavy (non-hydrogen) atoms. The van der Waals surface area contributed by atoms with Gasteiger partial charge in [-0.1, -0.05) is 40.2 Å². The Labute approximate surface area is 171 Å². The zero-order valence-corrected chi connectivity index (χ0v) is 17.6. The van der Waals surface area contributed by atoms with Gasteiger partial charge in [-0.15, -0.1) is 11.3 Å². The molecule has 140 valence electrons. The predicted molar refractivity (Wildman–Crippen MR) is 114 cm³/mol. The predicted octanol–water partition coefficient (Wildman–Crippen LogP) is 5.07. The van der Waals surface area contributed by atoms with Gasteiger partial charge in [-0.25, -0.2) is 4.98 Å². The number of amides is 1. The average molecular weight is 444 g/mol. The van der Waals surface area contributed by atoms with Gasteiger partial charge in [0, 0.05) is 4.47 Å². The maximum absolute atomic E-state index is 12.6. The van der Waals surface area contributed by atoms with Crippen LogP contribution in [-0.4, -0.2) is 28.9 Å². The molecule has 1 saturated heterocycles. The summed E-state index contributed by atoms with van der Waals surface area (Å²) in [6.07, 6.45) is 2.17. The summed E-state index contributed by atoms with van der Waals surface area (Å²) >= 11 is 5.19. The van der Waals surface area contributed by atoms with Crippen LogP contribution in [-0.2, 0) is 4.79 Å². The normalized spacial score (nSPS) is 18.7. The average Bonchev–Trinajstić information content (AvgIpc) is 3.28. The molecule has 4 nitrogen and oxygen atoms in total. The number of benzene rings is 2. The van der Waals surface area contributed by atoms with Crippen molar-refractivity contribution >= 4 is 43.4 Å². The van der Waals surface area contributed by atoms with Crippen molar-refractivity contribution < 1.29 is 4.79 Å². The van der Waals surface area contributed by atoms with E-state index in [9.17, 15) is 4.79 Å². The molecule has 6 heteroatoms. The van der Waals surface area contributed by atoms with Gasteiger partial charge in [0.15, 0.2) is 0 Å². The lowest BCUT2D eigenvalue weighted by Gasteiger charge is -2.23. The zero-order chi connectivity index (χ0) is 18.8. The van der Waals surface area contributed by atoms with Crippen molar-refractivity contribution in [1.82, 2.24) is 15.2 Å². The van der Waals surface area contributed by atoms with Crippen LogP contribution in [0.4, 0.5) is 0 Å². The van der Waals surface area contributed by atoms with Gasteiger partial charge in [-0.3, -0.25) is 9.69 Å². The molecule has 1 aliphatic rings. The number of thiazole rings is 1. The highest BCUT2D eigenvalue weighted by atomic mass is 79.9. The maximum Gasteiger partial charge on any atom is 0.234 e. The first-order valence-electron chi connectivity index (χ1n) is 9.24. The van der Waals surface area contributed by atoms with Crippen LogP contribution in [0.1, 0.15) is 42.4 Å². The SMILES string of the molecule is C[C@H](NC(=O)CN1CCC[C@H]1c1nc2ccccc2s1)c1ccc(Br)cc1. The van der Waals surface area contributed by atoms with E-state index in [-0.39, 0.29) is 18.0 Å². The molecule has 0 bridgehead atoms. The van der Waals surface area contributed by atoms with Crippen LogP contribution in [0.25, 0.3) is 10.2 Å². The third-order valence-corrected chi connectivity index (χ3v) is 6.72. The number of carbonyl (C=O) groups is 1. The molecule has 0 unspecified atom stereocenters. The van der Waals surface area contributed by atoms with Crippen LogP contribution < -0.4 is 5.32 Å². The second-order valence-electron chi connectivity index (χ2n) is 6.99. The fourth-order valence-electron chi connectivity index (χ4n) is 3.63. The number of halogens is 1. The number of hydrogen-bond donors (Lipinski definition) is 1. The number of nitrogens with zero attached hydrogens (tertiary/aromatic N) is 2. The van der Waals surface area contributed by atoms with E-state index >= 15 is 0 Å². The maximum atomic E-state index is 12.6. The molecule has 0 saturated carbocycles. The second kappa shape index (κ2) is 8.09. The Hall–Kier alpha value is -1.76. The highest BCUT2D eigenvalue weighted by molar-refractivity contribution is 9.10. The van der Waals surface area contributed by atoms with E-state index in [0.717, 1.165) is 39.9 Å². The zero-order valence-electron chi connectivity index (χ0n) is 15.2. The summed E-state index contributed by atoms with van der Waals surface area (Å²) in [4.78, 5) is 19.7. The molecule has 1 aliphatic heterocycles. The van der Waals surface area contributed by atoms with Crippen LogP contribution in [0.5, 0.6) is 0 Å². The van der Waals surface area contributed by atoms with Crippen molar-refractivity contribution in [3.05, 3.63) is 63.6 Å². The number of carbonyl (C=O) groups excluding carboxylic acids is 1. The number of aromatic nitrogens is 1. The number of hydrogen-bond acceptors (Lipinski definition) is 4. The second-order valence-corrected chi connectivity index (χ2v) is 8.97. The van der Waals surface area contributed by atoms with Crippen LogP contribution in [0.3, 0.4) is 0 Å². The molecule has 2 aromatic carbocycles. The first-order chi connectivity index (χ1) is 13.1. The summed E-state index contributed by atoms with van der Waals surface area (Å²) < 4.78 is 2.26. The Bertz CT molecular complexity index is 907. The quantitative estimate of drug-likeness (QED) is 0.598. The van der Waals surface area contributed by atoms with Crippen LogP contribution in [0, 0.1) is 0 Å². The Balaban J connectivity index is 1.41. The summed E-state index contributed by atoms with van der Waals surface area (Å²) in [7, 11) is 0. The summed E-state index contributed by atoms with van der Waals surface area (Å²) in [5, 5.41) is 4.26. The Morgan fingerprint density at radius 1 is 1.30 bits per heavy atom. The summed E-state index contributed by atoms with van der Waals surface area (Å²) in [6, 6.07) is 16.6. The van der Waals surface area contributed by atoms with E-state index in [0.29, 0.717) is 6.54 Å². The fourth-order valence-corrected chi connectivity index (χ4v) is 5.04. The van der Waals surface area contributed by atoms with Gasteiger partial charge in [0.05, 0.1) is 28.8 Å². The molecule has 1 N–H and O–H groups in total. The molecule has 0 spiro atoms. The van der Waals surface area contributed by atoms with E-state index in [1.807, 2.05) is 43.3 Å². The third kappa shape index (κ3) is 4.23. The Morgan fingerprint density at radius 3 is 2.85 bits per heavy atom. The lowest BCUT2D eigenvalue weighted by Crippen LogP contribution is -2.38. The first kappa shape index (κ1) is 18.6. The van der Waals surface area contributed by atoms with E-state index in [1.165, 1.54) is 4.70 Å². The Morgan fingerprint density at radius 2 is 2.07 bits per heavy atom. The molecule has 1 amide bonds. The van der Waals surface area contributed by atoms with Crippen molar-refractivity contribution in [2.24, 2.45) is 0 Å². The van der Waals surface area contributed by atoms with Gasteiger partial charge in [0.2, 0.25) is 5.91 Å². The molecule has 3 aromatic rings. The fraction of sp³-hybridized carbons (Fsp3) is 0.333. The minimum atomic E-state index is -0.00546. The first-order valence-corrected chi connectivity index (χ1v) is 10.9. The van der Waals surface area contributed by atoms with Gasteiger partial charge in [0.25, 0.3) is 0 Å². The van der Waals surface area contributed by atoms with Crippen molar-refractivity contribution in [3.63, 3.8) is 0 Å². The van der Waals surface area contributed by atoms with Crippen LogP contribution in [0.15, 0.2) is 53.0 Å². The van der Waals surface area contributed by atoms with Crippen LogP contribution >= 0.6 is 27.3 Å². The molecule has 1 fully saturated rings. The molecule has 1 aromatic heterocycles. The highest BCUT2D eigenvalue weighted by Crippen LogP contribution is 2.36. The molecular formula is C21H22BrN3OS. The van der Waals surface area contributed by atoms with Gasteiger partial charge in [-0.05, 0) is 56.1 Å². The van der Waals surface area contributed by atoms with Gasteiger partial charge in [0.1, 0.15) is 5.01 Å². The molecule has 0 radical (unpaired) electrons. The minimum Gasteiger partial charge on any atom is -0.348 e. The van der Waals surface area contributed by atoms with Crippen molar-refractivity contribution in [2.45, 2.75) is 31.8 Å². The highest BCUT2D eigenvalue weighted by Gasteiger charge is 2.30. The van der Waals surface area contributed by atoms with Crippen molar-refractivity contribution in [1.29, 1.82) is 0 Å². The molecule has 4 rings (SSSR count). The number of nitrogens with one attached hydrogen (secondary N) is 1.